The van der Waals surface area contributed by atoms with Crippen LogP contribution >= 0.6 is 0 Å². The van der Waals surface area contributed by atoms with Gasteiger partial charge < -0.3 is 29.4 Å². The van der Waals surface area contributed by atoms with E-state index in [9.17, 15) is 4.39 Å². The summed E-state index contributed by atoms with van der Waals surface area (Å²) in [6, 6.07) is 7.61. The Hall–Kier alpha value is -3.43. The molecule has 4 aromatic rings. The Balaban J connectivity index is 1.56. The molecule has 0 saturated carbocycles. The van der Waals surface area contributed by atoms with Crippen molar-refractivity contribution in [2.24, 2.45) is 0 Å². The molecule has 1 fully saturated rings. The lowest BCUT2D eigenvalue weighted by Crippen LogP contribution is -2.43. The molecule has 0 unspecified atom stereocenters. The molecule has 1 aliphatic heterocycles. The Kier molecular flexibility index (Phi) is 5.97. The number of aryl methyl sites for hydroxylation is 1. The van der Waals surface area contributed by atoms with Gasteiger partial charge in [0.15, 0.2) is 11.5 Å². The largest absolute Gasteiger partial charge is 0.490 e. The number of aromatic nitrogens is 3. The SMILES string of the molecule is COCCOc1cc(N2CCNCC2)cc2ccnc(Nc3cc(F)c4nc(C)cn4c3)c12. The molecule has 1 saturated heterocycles. The maximum Gasteiger partial charge on any atom is 0.173 e. The van der Waals surface area contributed by atoms with Gasteiger partial charge in [0.05, 0.1) is 23.4 Å². The number of hydrogen-bond donors (Lipinski definition) is 2. The highest BCUT2D eigenvalue weighted by atomic mass is 19.1. The molecule has 0 amide bonds. The molecule has 0 spiro atoms. The first-order chi connectivity index (χ1) is 16.1. The van der Waals surface area contributed by atoms with Crippen LogP contribution in [0.15, 0.2) is 42.9 Å². The van der Waals surface area contributed by atoms with Crippen molar-refractivity contribution in [1.29, 1.82) is 0 Å². The molecule has 0 atom stereocenters. The average Bonchev–Trinajstić information content (AvgIpc) is 3.20. The van der Waals surface area contributed by atoms with Crippen molar-refractivity contribution in [3.05, 3.63) is 54.4 Å². The van der Waals surface area contributed by atoms with E-state index in [4.69, 9.17) is 9.47 Å². The molecular formula is C24H27FN6O2. The lowest BCUT2D eigenvalue weighted by molar-refractivity contribution is 0.147. The number of piperazine rings is 1. The van der Waals surface area contributed by atoms with E-state index < -0.39 is 5.82 Å². The van der Waals surface area contributed by atoms with E-state index in [2.05, 4.69) is 37.6 Å². The van der Waals surface area contributed by atoms with Crippen LogP contribution in [0.4, 0.5) is 21.6 Å². The van der Waals surface area contributed by atoms with Gasteiger partial charge in [-0.15, -0.1) is 0 Å². The highest BCUT2D eigenvalue weighted by Gasteiger charge is 2.17. The van der Waals surface area contributed by atoms with Crippen LogP contribution in [0.5, 0.6) is 5.75 Å². The normalized spacial score (nSPS) is 14.2. The molecule has 5 rings (SSSR count). The van der Waals surface area contributed by atoms with E-state index in [1.54, 1.807) is 30.1 Å². The zero-order valence-electron chi connectivity index (χ0n) is 18.8. The first-order valence-electron chi connectivity index (χ1n) is 11.0. The second-order valence-electron chi connectivity index (χ2n) is 8.09. The smallest absolute Gasteiger partial charge is 0.173 e. The maximum atomic E-state index is 14.6. The molecule has 3 aromatic heterocycles. The number of rotatable bonds is 7. The summed E-state index contributed by atoms with van der Waals surface area (Å²) in [5, 5.41) is 8.51. The number of benzene rings is 1. The zero-order chi connectivity index (χ0) is 22.8. The molecule has 0 aliphatic carbocycles. The van der Waals surface area contributed by atoms with Gasteiger partial charge in [-0.2, -0.15) is 0 Å². The lowest BCUT2D eigenvalue weighted by atomic mass is 10.1. The van der Waals surface area contributed by atoms with E-state index >= 15 is 0 Å². The van der Waals surface area contributed by atoms with Crippen molar-refractivity contribution < 1.29 is 13.9 Å². The molecule has 2 N–H and O–H groups in total. The van der Waals surface area contributed by atoms with Crippen LogP contribution in [0.3, 0.4) is 0 Å². The predicted octanol–water partition coefficient (Wildman–Crippen LogP) is 3.51. The number of ether oxygens (including phenoxy) is 2. The Morgan fingerprint density at radius 3 is 2.82 bits per heavy atom. The van der Waals surface area contributed by atoms with Crippen molar-refractivity contribution in [2.75, 3.05) is 56.7 Å². The number of fused-ring (bicyclic) bond motifs is 2. The van der Waals surface area contributed by atoms with Crippen LogP contribution in [0.25, 0.3) is 16.4 Å². The van der Waals surface area contributed by atoms with E-state index in [0.717, 1.165) is 48.3 Å². The van der Waals surface area contributed by atoms with Crippen molar-refractivity contribution in [3.8, 4) is 5.75 Å². The van der Waals surface area contributed by atoms with E-state index in [1.165, 1.54) is 6.07 Å². The number of halogens is 1. The number of nitrogens with zero attached hydrogens (tertiary/aromatic N) is 4. The second kappa shape index (κ2) is 9.21. The second-order valence-corrected chi connectivity index (χ2v) is 8.09. The average molecular weight is 451 g/mol. The standard InChI is InChI=1S/C24H27FN6O2/c1-16-14-31-15-18(12-20(25)24(31)28-16)29-23-22-17(3-4-27-23)11-19(30-7-5-26-6-8-30)13-21(22)33-10-9-32-2/h3-4,11-15,26H,5-10H2,1-2H3,(H,27,29). The van der Waals surface area contributed by atoms with E-state index in [1.807, 2.05) is 13.0 Å². The molecule has 8 nitrogen and oxygen atoms in total. The first-order valence-corrected chi connectivity index (χ1v) is 11.0. The maximum absolute atomic E-state index is 14.6. The number of hydrogen-bond acceptors (Lipinski definition) is 7. The lowest BCUT2D eigenvalue weighted by Gasteiger charge is -2.30. The van der Waals surface area contributed by atoms with Crippen LogP contribution < -0.4 is 20.3 Å². The molecular weight excluding hydrogens is 423 g/mol. The number of pyridine rings is 2. The van der Waals surface area contributed by atoms with Crippen LogP contribution in [0.2, 0.25) is 0 Å². The summed E-state index contributed by atoms with van der Waals surface area (Å²) in [7, 11) is 1.65. The molecule has 1 aliphatic rings. The first kappa shape index (κ1) is 21.4. The van der Waals surface area contributed by atoms with Gasteiger partial charge >= 0.3 is 0 Å². The van der Waals surface area contributed by atoms with Gasteiger partial charge in [-0.3, -0.25) is 0 Å². The summed E-state index contributed by atoms with van der Waals surface area (Å²) >= 11 is 0. The highest BCUT2D eigenvalue weighted by molar-refractivity contribution is 6.00. The van der Waals surface area contributed by atoms with E-state index in [0.29, 0.717) is 36.1 Å². The minimum Gasteiger partial charge on any atom is -0.490 e. The third kappa shape index (κ3) is 4.42. The van der Waals surface area contributed by atoms with Crippen LogP contribution in [-0.4, -0.2) is 60.9 Å². The third-order valence-electron chi connectivity index (χ3n) is 5.73. The fourth-order valence-electron chi connectivity index (χ4n) is 4.20. The van der Waals surface area contributed by atoms with Gasteiger partial charge in [0.2, 0.25) is 0 Å². The molecule has 0 bridgehead atoms. The van der Waals surface area contributed by atoms with Crippen molar-refractivity contribution >= 4 is 33.6 Å². The summed E-state index contributed by atoms with van der Waals surface area (Å²) in [6.07, 6.45) is 5.35. The van der Waals surface area contributed by atoms with Gasteiger partial charge in [-0.1, -0.05) is 0 Å². The van der Waals surface area contributed by atoms with Gasteiger partial charge in [0.1, 0.15) is 18.2 Å². The Morgan fingerprint density at radius 1 is 1.15 bits per heavy atom. The fraction of sp³-hybridized carbons (Fsp3) is 0.333. The minimum atomic E-state index is -0.397. The molecule has 4 heterocycles. The summed E-state index contributed by atoms with van der Waals surface area (Å²) < 4.78 is 27.6. The molecule has 0 radical (unpaired) electrons. The number of nitrogens with one attached hydrogen (secondary N) is 2. The third-order valence-corrected chi connectivity index (χ3v) is 5.73. The van der Waals surface area contributed by atoms with Gasteiger partial charge in [0.25, 0.3) is 0 Å². The molecule has 9 heteroatoms. The molecule has 33 heavy (non-hydrogen) atoms. The van der Waals surface area contributed by atoms with Gasteiger partial charge in [0, 0.05) is 69.7 Å². The summed E-state index contributed by atoms with van der Waals surface area (Å²) in [6.45, 7) is 6.49. The highest BCUT2D eigenvalue weighted by Crippen LogP contribution is 2.37. The minimum absolute atomic E-state index is 0.299. The number of anilines is 3. The Morgan fingerprint density at radius 2 is 2.00 bits per heavy atom. The summed E-state index contributed by atoms with van der Waals surface area (Å²) in [5.41, 5.74) is 2.73. The van der Waals surface area contributed by atoms with E-state index in [-0.39, 0.29) is 0 Å². The number of methoxy groups -OCH3 is 1. The van der Waals surface area contributed by atoms with Crippen molar-refractivity contribution in [1.82, 2.24) is 19.7 Å². The van der Waals surface area contributed by atoms with Gasteiger partial charge in [-0.05, 0) is 24.4 Å². The monoisotopic (exact) mass is 450 g/mol. The zero-order valence-corrected chi connectivity index (χ0v) is 18.8. The molecule has 172 valence electrons. The molecule has 1 aromatic carbocycles. The fourth-order valence-corrected chi connectivity index (χ4v) is 4.20. The van der Waals surface area contributed by atoms with Crippen molar-refractivity contribution in [2.45, 2.75) is 6.92 Å². The number of imidazole rings is 1. The quantitative estimate of drug-likeness (QED) is 0.417. The predicted molar refractivity (Wildman–Crippen MR) is 127 cm³/mol. The summed E-state index contributed by atoms with van der Waals surface area (Å²) in [4.78, 5) is 11.1. The van der Waals surface area contributed by atoms with Crippen LogP contribution in [0.1, 0.15) is 5.69 Å². The van der Waals surface area contributed by atoms with Crippen molar-refractivity contribution in [3.63, 3.8) is 0 Å². The van der Waals surface area contributed by atoms with Gasteiger partial charge in [-0.25, -0.2) is 14.4 Å². The topological polar surface area (TPSA) is 76.0 Å². The van der Waals surface area contributed by atoms with Crippen LogP contribution in [0, 0.1) is 12.7 Å². The Bertz CT molecular complexity index is 1290. The van der Waals surface area contributed by atoms with Crippen LogP contribution in [-0.2, 0) is 4.74 Å². The summed E-state index contributed by atoms with van der Waals surface area (Å²) in [5.74, 6) is 0.918. The Labute approximate surface area is 191 Å².